The molecular weight excluding hydrogens is 137 g/mol. The third-order valence-electron chi connectivity index (χ3n) is 3.12. The van der Waals surface area contributed by atoms with Crippen LogP contribution in [0, 0.1) is 0 Å². The van der Waals surface area contributed by atoms with Crippen molar-refractivity contribution >= 4 is 42.6 Å². The largest absolute Gasteiger partial charge is 0.0938 e. The van der Waals surface area contributed by atoms with E-state index in [-0.39, 0.29) is 12.8 Å². The highest BCUT2D eigenvalue weighted by Gasteiger charge is 2.31. The molecule has 0 nitrogen and oxygen atoms in total. The molecule has 54 valence electrons. The number of hydrogen-bond acceptors (Lipinski definition) is 0. The van der Waals surface area contributed by atoms with Crippen LogP contribution >= 0.6 is 0 Å². The first-order valence-electron chi connectivity index (χ1n) is 4.89. The van der Waals surface area contributed by atoms with Crippen molar-refractivity contribution in [3.05, 3.63) is 0 Å². The Balaban J connectivity index is 2.47. The molecule has 0 aromatic heterocycles. The van der Waals surface area contributed by atoms with Crippen molar-refractivity contribution in [1.82, 2.24) is 0 Å². The Morgan fingerprint density at radius 3 is 2.42 bits per heavy atom. The van der Waals surface area contributed by atoms with Gasteiger partial charge in [-0.15, -0.1) is 0 Å². The number of rotatable bonds is 2. The molecule has 1 heterocycles. The van der Waals surface area contributed by atoms with E-state index in [4.69, 9.17) is 23.2 Å². The summed E-state index contributed by atoms with van der Waals surface area (Å²) in [4.78, 5) is 0. The summed E-state index contributed by atoms with van der Waals surface area (Å²) >= 11 is 0. The molecule has 1 fully saturated rings. The maximum absolute atomic E-state index is 5.93. The summed E-state index contributed by atoms with van der Waals surface area (Å²) in [5, 5.41) is 0. The van der Waals surface area contributed by atoms with E-state index in [1.54, 1.807) is 0 Å². The molecule has 0 amide bonds. The van der Waals surface area contributed by atoms with Crippen LogP contribution in [0.3, 0.4) is 0 Å². The molecule has 1 aliphatic rings. The van der Waals surface area contributed by atoms with Crippen LogP contribution in [-0.4, -0.2) is 42.6 Å². The Kier molecular flexibility index (Phi) is 3.99. The lowest BCUT2D eigenvalue weighted by atomic mass is 8.72. The molecule has 0 spiro atoms. The second-order valence-corrected chi connectivity index (χ2v) is 4.08. The highest BCUT2D eigenvalue weighted by Crippen LogP contribution is 2.29. The summed E-state index contributed by atoms with van der Waals surface area (Å²) in [7, 11) is 17.1. The van der Waals surface area contributed by atoms with E-state index < -0.39 is 0 Å². The van der Waals surface area contributed by atoms with E-state index in [0.29, 0.717) is 12.4 Å². The van der Waals surface area contributed by atoms with Gasteiger partial charge in [-0.3, -0.25) is 0 Å². The molecule has 0 aromatic rings. The molecule has 0 aromatic carbocycles. The molecule has 0 N–H and O–H groups in total. The maximum atomic E-state index is 5.93. The van der Waals surface area contributed by atoms with Gasteiger partial charge in [-0.2, -0.15) is 0 Å². The second-order valence-electron chi connectivity index (χ2n) is 4.08. The minimum Gasteiger partial charge on any atom is -0.0815 e. The van der Waals surface area contributed by atoms with Crippen molar-refractivity contribution in [3.63, 3.8) is 0 Å². The van der Waals surface area contributed by atoms with Crippen LogP contribution in [-0.2, 0) is 0 Å². The predicted octanol–water partition coefficient (Wildman–Crippen LogP) is 0.197. The van der Waals surface area contributed by atoms with Crippen LogP contribution in [0.15, 0.2) is 0 Å². The molecule has 1 unspecified atom stereocenters. The fourth-order valence-corrected chi connectivity index (χ4v) is 2.20. The highest BCUT2D eigenvalue weighted by molar-refractivity contribution is 7.80. The van der Waals surface area contributed by atoms with Crippen LogP contribution in [0.1, 0.15) is 26.2 Å². The number of hydrogen-bond donors (Lipinski definition) is 0. The average molecular weight is 149 g/mol. The first-order chi connectivity index (χ1) is 5.63. The summed E-state index contributed by atoms with van der Waals surface area (Å²) in [5.41, 5.74) is 0. The van der Waals surface area contributed by atoms with Gasteiger partial charge in [0.25, 0.3) is 0 Å². The second kappa shape index (κ2) is 4.58. The molecule has 1 saturated heterocycles. The van der Waals surface area contributed by atoms with E-state index >= 15 is 0 Å². The zero-order valence-corrected chi connectivity index (χ0v) is 7.87. The predicted molar refractivity (Wildman–Crippen MR) is 62.6 cm³/mol. The van der Waals surface area contributed by atoms with E-state index in [1.165, 1.54) is 25.6 Å². The Morgan fingerprint density at radius 2 is 1.92 bits per heavy atom. The van der Waals surface area contributed by atoms with Gasteiger partial charge in [-0.25, -0.2) is 0 Å². The van der Waals surface area contributed by atoms with Crippen LogP contribution in [0.4, 0.5) is 0 Å². The van der Waals surface area contributed by atoms with E-state index in [0.717, 1.165) is 0 Å². The van der Waals surface area contributed by atoms with Crippen LogP contribution < -0.4 is 0 Å². The smallest absolute Gasteiger partial charge is 0.0815 e. The third-order valence-corrected chi connectivity index (χ3v) is 3.12. The summed E-state index contributed by atoms with van der Waals surface area (Å²) in [6.07, 6.45) is 4.74. The maximum Gasteiger partial charge on any atom is 0.0938 e. The molecule has 6 radical (unpaired) electrons. The van der Waals surface area contributed by atoms with Gasteiger partial charge >= 0.3 is 0 Å². The fraction of sp³-hybridized carbons (Fsp3) is 1.00. The fourth-order valence-electron chi connectivity index (χ4n) is 2.20. The standard InChI is InChI=1S/C6H12B6/c1-6-4-2-3-5-10(6)12(9)11(7)8/h6H,2-5H2,1H3. The summed E-state index contributed by atoms with van der Waals surface area (Å²) in [5.74, 6) is 0.698. The lowest BCUT2D eigenvalue weighted by Gasteiger charge is -2.32. The first kappa shape index (κ1) is 10.5. The van der Waals surface area contributed by atoms with Gasteiger partial charge in [-0.05, 0) is 0 Å². The third kappa shape index (κ3) is 2.44. The van der Waals surface area contributed by atoms with Gasteiger partial charge < -0.3 is 0 Å². The van der Waals surface area contributed by atoms with E-state index in [9.17, 15) is 0 Å². The zero-order valence-electron chi connectivity index (χ0n) is 7.87. The molecule has 1 aliphatic heterocycles. The molecule has 12 heavy (non-hydrogen) atoms. The lowest BCUT2D eigenvalue weighted by molar-refractivity contribution is 0.654. The molecule has 0 saturated carbocycles. The highest BCUT2D eigenvalue weighted by atomic mass is 14.0. The molecule has 0 aliphatic carbocycles. The minimum atomic E-state index is -0.351. The van der Waals surface area contributed by atoms with Gasteiger partial charge in [0.15, 0.2) is 0 Å². The van der Waals surface area contributed by atoms with Gasteiger partial charge in [0.2, 0.25) is 0 Å². The molecule has 1 rings (SSSR count). The topological polar surface area (TPSA) is 0 Å². The van der Waals surface area contributed by atoms with Gasteiger partial charge in [0.05, 0.1) is 6.60 Å². The van der Waals surface area contributed by atoms with Crippen molar-refractivity contribution in [3.8, 4) is 0 Å². The summed E-state index contributed by atoms with van der Waals surface area (Å²) in [6, 6.07) is 0. The van der Waals surface area contributed by atoms with E-state index in [2.05, 4.69) is 6.92 Å². The molecule has 1 atom stereocenters. The monoisotopic (exact) mass is 150 g/mol. The van der Waals surface area contributed by atoms with Gasteiger partial charge in [0.1, 0.15) is 0 Å². The summed E-state index contributed by atoms with van der Waals surface area (Å²) < 4.78 is 0. The Morgan fingerprint density at radius 1 is 1.25 bits per heavy atom. The van der Waals surface area contributed by atoms with Crippen LogP contribution in [0.5, 0.6) is 0 Å². The van der Waals surface area contributed by atoms with Crippen molar-refractivity contribution in [2.75, 3.05) is 0 Å². The van der Waals surface area contributed by atoms with Crippen molar-refractivity contribution in [2.45, 2.75) is 38.3 Å². The van der Waals surface area contributed by atoms with Gasteiger partial charge in [0, 0.05) is 36.0 Å². The zero-order chi connectivity index (χ0) is 9.14. The van der Waals surface area contributed by atoms with Crippen LogP contribution in [0.25, 0.3) is 0 Å². The molecule has 0 bridgehead atoms. The summed E-state index contributed by atoms with van der Waals surface area (Å²) in [6.45, 7) is 2.80. The first-order valence-corrected chi connectivity index (χ1v) is 4.89. The molecular formula is C6H12B6. The lowest BCUT2D eigenvalue weighted by Crippen LogP contribution is -2.53. The minimum absolute atomic E-state index is 0.0136. The van der Waals surface area contributed by atoms with Crippen molar-refractivity contribution in [1.29, 1.82) is 0 Å². The quantitative estimate of drug-likeness (QED) is 0.492. The van der Waals surface area contributed by atoms with Crippen LogP contribution in [0.2, 0.25) is 12.1 Å². The van der Waals surface area contributed by atoms with E-state index in [1.807, 2.05) is 0 Å². The SMILES string of the molecule is [B]B([B])B([B])B1CCCCC1C. The van der Waals surface area contributed by atoms with Crippen molar-refractivity contribution in [2.24, 2.45) is 0 Å². The Bertz CT molecular complexity index is 138. The molecule has 6 heteroatoms. The van der Waals surface area contributed by atoms with Crippen molar-refractivity contribution < 1.29 is 0 Å². The normalized spacial score (nSPS) is 23.8. The Hall–Kier alpha value is 0.390. The van der Waals surface area contributed by atoms with Gasteiger partial charge in [-0.1, -0.05) is 38.3 Å². The Labute approximate surface area is 81.4 Å². The average Bonchev–Trinajstić information content (AvgIpc) is 2.04.